The summed E-state index contributed by atoms with van der Waals surface area (Å²) >= 11 is 5.85. The molecule has 2 aromatic rings. The minimum atomic E-state index is 0.118. The van der Waals surface area contributed by atoms with Gasteiger partial charge in [-0.05, 0) is 11.6 Å². The number of hydrogen-bond acceptors (Lipinski definition) is 7. The maximum Gasteiger partial charge on any atom is 0.226 e. The number of morpholine rings is 1. The van der Waals surface area contributed by atoms with Crippen molar-refractivity contribution in [3.8, 4) is 0 Å². The molecule has 0 radical (unpaired) electrons. The van der Waals surface area contributed by atoms with Crippen molar-refractivity contribution >= 4 is 34.5 Å². The average molecular weight is 284 g/mol. The topological polar surface area (TPSA) is 94.1 Å². The fraction of sp³-hybridized carbons (Fsp3) is 0.500. The Morgan fingerprint density at radius 3 is 2.68 bits per heavy atom. The van der Waals surface area contributed by atoms with Crippen molar-refractivity contribution in [1.82, 2.24) is 19.5 Å². The molecule has 1 aliphatic heterocycles. The van der Waals surface area contributed by atoms with Gasteiger partial charge in [0.1, 0.15) is 5.52 Å². The summed E-state index contributed by atoms with van der Waals surface area (Å²) in [5, 5.41) is 0.118. The van der Waals surface area contributed by atoms with E-state index < -0.39 is 0 Å². The van der Waals surface area contributed by atoms with E-state index in [1.54, 1.807) is 0 Å². The molecule has 3 heterocycles. The van der Waals surface area contributed by atoms with Crippen molar-refractivity contribution in [3.05, 3.63) is 5.28 Å². The van der Waals surface area contributed by atoms with Crippen LogP contribution in [-0.2, 0) is 11.8 Å². The number of hydrogen-bond donors (Lipinski definition) is 2. The van der Waals surface area contributed by atoms with E-state index in [0.29, 0.717) is 24.7 Å². The lowest BCUT2D eigenvalue weighted by molar-refractivity contribution is 0.122. The zero-order chi connectivity index (χ0) is 13.4. The Balaban J connectivity index is 2.13. The zero-order valence-corrected chi connectivity index (χ0v) is 11.2. The first-order valence-electron chi connectivity index (χ1n) is 5.90. The molecule has 2 aromatic heterocycles. The van der Waals surface area contributed by atoms with Gasteiger partial charge in [0, 0.05) is 20.1 Å². The number of imidazole rings is 1. The fourth-order valence-corrected chi connectivity index (χ4v) is 2.38. The number of anilines is 2. The molecule has 1 aliphatic rings. The van der Waals surface area contributed by atoms with E-state index >= 15 is 0 Å². The highest BCUT2D eigenvalue weighted by Gasteiger charge is 2.20. The van der Waals surface area contributed by atoms with E-state index in [4.69, 9.17) is 22.2 Å². The Morgan fingerprint density at radius 2 is 2.00 bits per heavy atom. The van der Waals surface area contributed by atoms with Gasteiger partial charge < -0.3 is 19.6 Å². The minimum Gasteiger partial charge on any atom is -0.378 e. The molecule has 8 nitrogen and oxygen atoms in total. The van der Waals surface area contributed by atoms with Crippen LogP contribution in [0, 0.1) is 0 Å². The van der Waals surface area contributed by atoms with Crippen LogP contribution in [0.3, 0.4) is 0 Å². The molecule has 0 amide bonds. The average Bonchev–Trinajstić information content (AvgIpc) is 2.76. The molecule has 0 bridgehead atoms. The predicted molar refractivity (Wildman–Crippen MR) is 72.2 cm³/mol. The van der Waals surface area contributed by atoms with Crippen LogP contribution in [0.5, 0.6) is 0 Å². The number of aryl methyl sites for hydroxylation is 1. The van der Waals surface area contributed by atoms with Gasteiger partial charge >= 0.3 is 0 Å². The Hall–Kier alpha value is -1.64. The van der Waals surface area contributed by atoms with Gasteiger partial charge in [0.15, 0.2) is 11.5 Å². The number of hydrazine groups is 1. The second kappa shape index (κ2) is 4.80. The van der Waals surface area contributed by atoms with Gasteiger partial charge in [-0.2, -0.15) is 15.0 Å². The van der Waals surface area contributed by atoms with Crippen LogP contribution in [-0.4, -0.2) is 45.8 Å². The van der Waals surface area contributed by atoms with Crippen LogP contribution in [0.1, 0.15) is 0 Å². The summed E-state index contributed by atoms with van der Waals surface area (Å²) in [4.78, 5) is 14.8. The third-order valence-corrected chi connectivity index (χ3v) is 3.28. The number of nitrogens with two attached hydrogens (primary N) is 1. The van der Waals surface area contributed by atoms with Crippen LogP contribution in [0.2, 0.25) is 5.28 Å². The van der Waals surface area contributed by atoms with Crippen LogP contribution in [0.4, 0.5) is 11.8 Å². The van der Waals surface area contributed by atoms with Crippen LogP contribution >= 0.6 is 11.6 Å². The van der Waals surface area contributed by atoms with Gasteiger partial charge in [0.05, 0.1) is 13.2 Å². The molecule has 102 valence electrons. The normalized spacial score (nSPS) is 16.1. The highest BCUT2D eigenvalue weighted by Crippen LogP contribution is 2.26. The molecule has 0 spiro atoms. The van der Waals surface area contributed by atoms with Crippen LogP contribution < -0.4 is 16.2 Å². The lowest BCUT2D eigenvalue weighted by Gasteiger charge is -2.27. The van der Waals surface area contributed by atoms with Gasteiger partial charge in [-0.25, -0.2) is 5.84 Å². The molecular formula is C10H14ClN7O. The molecule has 1 saturated heterocycles. The number of fused-ring (bicyclic) bond motifs is 1. The highest BCUT2D eigenvalue weighted by atomic mass is 35.5. The van der Waals surface area contributed by atoms with Crippen molar-refractivity contribution in [3.63, 3.8) is 0 Å². The summed E-state index contributed by atoms with van der Waals surface area (Å²) in [6.07, 6.45) is 0. The molecule has 19 heavy (non-hydrogen) atoms. The van der Waals surface area contributed by atoms with Gasteiger partial charge in [-0.1, -0.05) is 0 Å². The Morgan fingerprint density at radius 1 is 1.26 bits per heavy atom. The first kappa shape index (κ1) is 12.4. The van der Waals surface area contributed by atoms with E-state index in [-0.39, 0.29) is 5.28 Å². The van der Waals surface area contributed by atoms with Crippen molar-refractivity contribution < 1.29 is 4.74 Å². The molecule has 3 rings (SSSR count). The van der Waals surface area contributed by atoms with Gasteiger partial charge in [0.25, 0.3) is 0 Å². The van der Waals surface area contributed by atoms with E-state index in [9.17, 15) is 0 Å². The first-order valence-corrected chi connectivity index (χ1v) is 6.28. The summed E-state index contributed by atoms with van der Waals surface area (Å²) in [7, 11) is 1.90. The Bertz CT molecular complexity index is 607. The summed E-state index contributed by atoms with van der Waals surface area (Å²) in [5.74, 6) is 6.74. The standard InChI is InChI=1S/C10H14ClN7O/c1-17-6-7(13-9(11)14-8(6)16-12)15-10(17)18-2-4-19-5-3-18/h2-5,12H2,1H3,(H,13,14,16). The molecule has 0 saturated carbocycles. The van der Waals surface area contributed by atoms with Gasteiger partial charge in [-0.15, -0.1) is 0 Å². The molecule has 0 atom stereocenters. The molecule has 9 heteroatoms. The number of halogens is 1. The lowest BCUT2D eigenvalue weighted by Crippen LogP contribution is -2.37. The number of rotatable bonds is 2. The number of nitrogens with zero attached hydrogens (tertiary/aromatic N) is 5. The maximum atomic E-state index is 5.85. The second-order valence-electron chi connectivity index (χ2n) is 4.23. The first-order chi connectivity index (χ1) is 9.20. The second-order valence-corrected chi connectivity index (χ2v) is 4.57. The van der Waals surface area contributed by atoms with E-state index in [2.05, 4.69) is 25.3 Å². The third kappa shape index (κ3) is 2.07. The largest absolute Gasteiger partial charge is 0.378 e. The molecule has 1 fully saturated rings. The third-order valence-electron chi connectivity index (χ3n) is 3.11. The van der Waals surface area contributed by atoms with Crippen molar-refractivity contribution in [2.24, 2.45) is 12.9 Å². The molecule has 0 aromatic carbocycles. The van der Waals surface area contributed by atoms with Gasteiger partial charge in [-0.3, -0.25) is 0 Å². The fourth-order valence-electron chi connectivity index (χ4n) is 2.22. The maximum absolute atomic E-state index is 5.85. The minimum absolute atomic E-state index is 0.118. The van der Waals surface area contributed by atoms with Gasteiger partial charge in [0.2, 0.25) is 11.2 Å². The lowest BCUT2D eigenvalue weighted by atomic mass is 10.4. The quantitative estimate of drug-likeness (QED) is 0.460. The van der Waals surface area contributed by atoms with E-state index in [1.807, 2.05) is 11.6 Å². The van der Waals surface area contributed by atoms with Crippen LogP contribution in [0.15, 0.2) is 0 Å². The van der Waals surface area contributed by atoms with Crippen molar-refractivity contribution in [1.29, 1.82) is 0 Å². The van der Waals surface area contributed by atoms with E-state index in [0.717, 1.165) is 24.6 Å². The predicted octanol–water partition coefficient (Wildman–Crippen LogP) is 0.139. The Labute approximate surface area is 114 Å². The molecule has 0 unspecified atom stereocenters. The zero-order valence-electron chi connectivity index (χ0n) is 10.4. The number of ether oxygens (including phenoxy) is 1. The van der Waals surface area contributed by atoms with Crippen molar-refractivity contribution in [2.75, 3.05) is 36.6 Å². The number of aromatic nitrogens is 4. The molecular weight excluding hydrogens is 270 g/mol. The summed E-state index contributed by atoms with van der Waals surface area (Å²) < 4.78 is 7.25. The van der Waals surface area contributed by atoms with Crippen molar-refractivity contribution in [2.45, 2.75) is 0 Å². The SMILES string of the molecule is Cn1c(N2CCOCC2)nc2nc(Cl)nc(NN)c21. The summed E-state index contributed by atoms with van der Waals surface area (Å²) in [5.41, 5.74) is 3.78. The van der Waals surface area contributed by atoms with Crippen LogP contribution in [0.25, 0.3) is 11.2 Å². The summed E-state index contributed by atoms with van der Waals surface area (Å²) in [6.45, 7) is 2.97. The van der Waals surface area contributed by atoms with E-state index in [1.165, 1.54) is 0 Å². The monoisotopic (exact) mass is 283 g/mol. The Kier molecular flexibility index (Phi) is 3.13. The number of nitrogens with one attached hydrogen (secondary N) is 1. The number of nitrogen functional groups attached to an aromatic ring is 1. The molecule has 0 aliphatic carbocycles. The summed E-state index contributed by atoms with van der Waals surface area (Å²) in [6, 6.07) is 0. The smallest absolute Gasteiger partial charge is 0.226 e. The highest BCUT2D eigenvalue weighted by molar-refractivity contribution is 6.28. The molecule has 3 N–H and O–H groups in total.